The molecule has 0 aliphatic carbocycles. The molecule has 1 heterocycles. The molecule has 186 valence electrons. The molecule has 0 saturated carbocycles. The average Bonchev–Trinajstić information content (AvgIpc) is 3.31. The maximum atomic E-state index is 12.4. The van der Waals surface area contributed by atoms with E-state index < -0.39 is 10.0 Å². The van der Waals surface area contributed by atoms with E-state index in [1.165, 1.54) is 101 Å². The normalized spacial score (nSPS) is 12.7. The number of hydrogen-bond acceptors (Lipinski definition) is 5. The summed E-state index contributed by atoms with van der Waals surface area (Å²) >= 11 is 1.16. The third-order valence-electron chi connectivity index (χ3n) is 6.33. The Kier molecular flexibility index (Phi) is 13.6. The topological polar surface area (TPSA) is 72.0 Å². The molecule has 1 aromatic carbocycles. The van der Waals surface area contributed by atoms with Crippen molar-refractivity contribution >= 4 is 26.5 Å². The maximum Gasteiger partial charge on any atom is 0.263 e. The number of aromatic nitrogens is 2. The summed E-state index contributed by atoms with van der Waals surface area (Å²) in [5, 5.41) is 7.68. The van der Waals surface area contributed by atoms with Gasteiger partial charge in [-0.3, -0.25) is 4.72 Å². The highest BCUT2D eigenvalue weighted by molar-refractivity contribution is 7.93. The van der Waals surface area contributed by atoms with E-state index in [0.717, 1.165) is 17.8 Å². The van der Waals surface area contributed by atoms with Crippen LogP contribution in [0.4, 0.5) is 5.13 Å². The van der Waals surface area contributed by atoms with E-state index in [9.17, 15) is 8.42 Å². The Morgan fingerprint density at radius 3 is 1.82 bits per heavy atom. The molecule has 5 nitrogen and oxygen atoms in total. The molecular weight excluding hydrogens is 450 g/mol. The fourth-order valence-electron chi connectivity index (χ4n) is 4.18. The van der Waals surface area contributed by atoms with Crippen LogP contribution in [0.15, 0.2) is 34.7 Å². The molecule has 1 unspecified atom stereocenters. The van der Waals surface area contributed by atoms with Crippen molar-refractivity contribution in [2.45, 2.75) is 121 Å². The molecule has 0 fully saturated rings. The number of nitrogens with zero attached hydrogens (tertiary/aromatic N) is 2. The van der Waals surface area contributed by atoms with Gasteiger partial charge < -0.3 is 0 Å². The van der Waals surface area contributed by atoms with E-state index in [0.29, 0.717) is 5.92 Å². The Morgan fingerprint density at radius 2 is 1.33 bits per heavy atom. The predicted octanol–water partition coefficient (Wildman–Crippen LogP) is 8.31. The number of hydrogen-bond donors (Lipinski definition) is 1. The lowest BCUT2D eigenvalue weighted by Gasteiger charge is -2.13. The molecule has 33 heavy (non-hydrogen) atoms. The summed E-state index contributed by atoms with van der Waals surface area (Å²) in [6.45, 7) is 4.50. The molecular formula is C26H43N3O2S2. The molecule has 0 spiro atoms. The summed E-state index contributed by atoms with van der Waals surface area (Å²) < 4.78 is 27.3. The predicted molar refractivity (Wildman–Crippen MR) is 141 cm³/mol. The Balaban J connectivity index is 1.52. The first kappa shape index (κ1) is 27.8. The third-order valence-corrected chi connectivity index (χ3v) is 8.42. The minimum atomic E-state index is -3.61. The SMILES string of the molecule is CCCCCCCCCCCCCCCCC(C)c1ccc(S(=O)(=O)Nc2nncs2)cc1. The van der Waals surface area contributed by atoms with Crippen molar-refractivity contribution in [1.82, 2.24) is 10.2 Å². The maximum absolute atomic E-state index is 12.4. The number of benzene rings is 1. The number of anilines is 1. The molecule has 2 rings (SSSR count). The molecule has 1 aromatic heterocycles. The minimum Gasteiger partial charge on any atom is -0.253 e. The molecule has 0 amide bonds. The van der Waals surface area contributed by atoms with Gasteiger partial charge in [0.05, 0.1) is 4.90 Å². The fraction of sp³-hybridized carbons (Fsp3) is 0.692. The van der Waals surface area contributed by atoms with Gasteiger partial charge in [0, 0.05) is 0 Å². The largest absolute Gasteiger partial charge is 0.263 e. The Labute approximate surface area is 205 Å². The second-order valence-electron chi connectivity index (χ2n) is 9.20. The first-order valence-electron chi connectivity index (χ1n) is 12.9. The van der Waals surface area contributed by atoms with Crippen LogP contribution in [0.3, 0.4) is 0 Å². The molecule has 0 bridgehead atoms. The van der Waals surface area contributed by atoms with Gasteiger partial charge in [0.25, 0.3) is 10.0 Å². The zero-order valence-corrected chi connectivity index (χ0v) is 22.2. The third kappa shape index (κ3) is 11.5. The molecule has 0 aliphatic heterocycles. The summed E-state index contributed by atoms with van der Waals surface area (Å²) in [7, 11) is -3.61. The van der Waals surface area contributed by atoms with Gasteiger partial charge in [0.2, 0.25) is 5.13 Å². The quantitative estimate of drug-likeness (QED) is 0.200. The number of unbranched alkanes of at least 4 members (excludes halogenated alkanes) is 13. The molecule has 7 heteroatoms. The van der Waals surface area contributed by atoms with Crippen LogP contribution < -0.4 is 4.72 Å². The van der Waals surface area contributed by atoms with Crippen LogP contribution in [0.2, 0.25) is 0 Å². The highest BCUT2D eigenvalue weighted by Gasteiger charge is 2.16. The monoisotopic (exact) mass is 493 g/mol. The lowest BCUT2D eigenvalue weighted by Crippen LogP contribution is -2.12. The molecule has 2 aromatic rings. The summed E-state index contributed by atoms with van der Waals surface area (Å²) in [6.07, 6.45) is 20.4. The van der Waals surface area contributed by atoms with Crippen molar-refractivity contribution in [3.8, 4) is 0 Å². The van der Waals surface area contributed by atoms with E-state index in [1.54, 1.807) is 12.1 Å². The molecule has 0 saturated heterocycles. The minimum absolute atomic E-state index is 0.255. The Bertz CT molecular complexity index is 837. The van der Waals surface area contributed by atoms with Crippen molar-refractivity contribution in [1.29, 1.82) is 0 Å². The highest BCUT2D eigenvalue weighted by atomic mass is 32.2. The van der Waals surface area contributed by atoms with E-state index in [4.69, 9.17) is 0 Å². The van der Waals surface area contributed by atoms with Gasteiger partial charge in [0.1, 0.15) is 5.51 Å². The molecule has 1 atom stereocenters. The van der Waals surface area contributed by atoms with Crippen LogP contribution in [-0.2, 0) is 10.0 Å². The van der Waals surface area contributed by atoms with Crippen LogP contribution in [0.25, 0.3) is 0 Å². The van der Waals surface area contributed by atoms with Crippen LogP contribution in [0, 0.1) is 0 Å². The van der Waals surface area contributed by atoms with Gasteiger partial charge in [-0.25, -0.2) is 8.42 Å². The second kappa shape index (κ2) is 16.2. The highest BCUT2D eigenvalue weighted by Crippen LogP contribution is 2.25. The van der Waals surface area contributed by atoms with Gasteiger partial charge in [0.15, 0.2) is 0 Å². The molecule has 1 N–H and O–H groups in total. The van der Waals surface area contributed by atoms with E-state index in [-0.39, 0.29) is 10.0 Å². The van der Waals surface area contributed by atoms with Crippen molar-refractivity contribution < 1.29 is 8.42 Å². The van der Waals surface area contributed by atoms with Crippen LogP contribution >= 0.6 is 11.3 Å². The summed E-state index contributed by atoms with van der Waals surface area (Å²) in [5.74, 6) is 0.440. The fourth-order valence-corrected chi connectivity index (χ4v) is 5.87. The van der Waals surface area contributed by atoms with Crippen molar-refractivity contribution in [2.75, 3.05) is 4.72 Å². The van der Waals surface area contributed by atoms with E-state index in [2.05, 4.69) is 28.8 Å². The van der Waals surface area contributed by atoms with Crippen molar-refractivity contribution in [2.24, 2.45) is 0 Å². The second-order valence-corrected chi connectivity index (χ2v) is 11.7. The van der Waals surface area contributed by atoms with Gasteiger partial charge >= 0.3 is 0 Å². The lowest BCUT2D eigenvalue weighted by atomic mass is 9.94. The zero-order valence-electron chi connectivity index (χ0n) is 20.6. The van der Waals surface area contributed by atoms with Gasteiger partial charge in [-0.1, -0.05) is 127 Å². The standard InChI is InChI=1S/C26H43N3O2S2/c1-3-4-5-6-7-8-9-10-11-12-13-14-15-16-17-23(2)24-18-20-25(21-19-24)33(30,31)29-26-28-27-22-32-26/h18-23H,3-17H2,1-2H3,(H,28,29). The van der Waals surface area contributed by atoms with Gasteiger partial charge in [-0.15, -0.1) is 10.2 Å². The van der Waals surface area contributed by atoms with Crippen LogP contribution in [-0.4, -0.2) is 18.6 Å². The van der Waals surface area contributed by atoms with Gasteiger partial charge in [-0.05, 0) is 30.0 Å². The van der Waals surface area contributed by atoms with Crippen LogP contribution in [0.1, 0.15) is 122 Å². The first-order valence-corrected chi connectivity index (χ1v) is 15.3. The molecule has 0 radical (unpaired) electrons. The summed E-state index contributed by atoms with van der Waals surface area (Å²) in [6, 6.07) is 7.23. The van der Waals surface area contributed by atoms with E-state index in [1.807, 2.05) is 12.1 Å². The number of nitrogens with one attached hydrogen (secondary N) is 1. The lowest BCUT2D eigenvalue weighted by molar-refractivity contribution is 0.524. The summed E-state index contributed by atoms with van der Waals surface area (Å²) in [4.78, 5) is 0.255. The smallest absolute Gasteiger partial charge is 0.253 e. The number of sulfonamides is 1. The average molecular weight is 494 g/mol. The number of rotatable bonds is 19. The van der Waals surface area contributed by atoms with Gasteiger partial charge in [-0.2, -0.15) is 0 Å². The Morgan fingerprint density at radius 1 is 0.818 bits per heavy atom. The van der Waals surface area contributed by atoms with Crippen molar-refractivity contribution in [3.63, 3.8) is 0 Å². The summed E-state index contributed by atoms with van der Waals surface area (Å²) in [5.41, 5.74) is 2.69. The van der Waals surface area contributed by atoms with E-state index >= 15 is 0 Å². The van der Waals surface area contributed by atoms with Crippen LogP contribution in [0.5, 0.6) is 0 Å². The first-order chi connectivity index (χ1) is 16.0. The molecule has 0 aliphatic rings. The zero-order chi connectivity index (χ0) is 23.8. The Hall–Kier alpha value is -1.47. The van der Waals surface area contributed by atoms with Crippen molar-refractivity contribution in [3.05, 3.63) is 35.3 Å².